The molecular formula is C18H37N5O. The molecule has 140 valence electrons. The molecule has 0 aliphatic carbocycles. The standard InChI is InChI=1S/C18H37N5O/c1-7-14(8-2)16(22(5)6)12-20-18(19-4)21-15-10-11-23(13-15)17(24)9-3/h14-16H,7-13H2,1-6H3,(H2,19,20,21). The maximum absolute atomic E-state index is 11.8. The molecule has 0 aromatic heterocycles. The number of likely N-dealkylation sites (N-methyl/N-ethyl adjacent to an activating group) is 1. The van der Waals surface area contributed by atoms with Crippen LogP contribution in [0, 0.1) is 5.92 Å². The molecule has 1 heterocycles. The van der Waals surface area contributed by atoms with Crippen LogP contribution >= 0.6 is 0 Å². The number of likely N-dealkylation sites (tertiary alicyclic amines) is 1. The lowest BCUT2D eigenvalue weighted by atomic mass is 9.93. The van der Waals surface area contributed by atoms with Gasteiger partial charge in [-0.2, -0.15) is 0 Å². The van der Waals surface area contributed by atoms with Gasteiger partial charge in [-0.05, 0) is 26.4 Å². The molecule has 24 heavy (non-hydrogen) atoms. The fourth-order valence-electron chi connectivity index (χ4n) is 3.52. The summed E-state index contributed by atoms with van der Waals surface area (Å²) in [5.41, 5.74) is 0. The van der Waals surface area contributed by atoms with Crippen molar-refractivity contribution in [2.24, 2.45) is 10.9 Å². The molecule has 6 nitrogen and oxygen atoms in total. The quantitative estimate of drug-likeness (QED) is 0.520. The molecule has 1 aliphatic heterocycles. The lowest BCUT2D eigenvalue weighted by Gasteiger charge is -2.32. The van der Waals surface area contributed by atoms with E-state index in [-0.39, 0.29) is 11.9 Å². The van der Waals surface area contributed by atoms with Crippen molar-refractivity contribution < 1.29 is 4.79 Å². The highest BCUT2D eigenvalue weighted by Crippen LogP contribution is 2.16. The van der Waals surface area contributed by atoms with Gasteiger partial charge in [0.2, 0.25) is 5.91 Å². The molecule has 0 spiro atoms. The second-order valence-electron chi connectivity index (χ2n) is 6.88. The molecule has 0 radical (unpaired) electrons. The number of rotatable bonds is 8. The van der Waals surface area contributed by atoms with Crippen LogP contribution in [0.3, 0.4) is 0 Å². The zero-order chi connectivity index (χ0) is 18.1. The van der Waals surface area contributed by atoms with Crippen LogP contribution in [0.2, 0.25) is 0 Å². The number of guanidine groups is 1. The fraction of sp³-hybridized carbons (Fsp3) is 0.889. The summed E-state index contributed by atoms with van der Waals surface area (Å²) in [5.74, 6) is 1.75. The predicted molar refractivity (Wildman–Crippen MR) is 101 cm³/mol. The Balaban J connectivity index is 2.52. The van der Waals surface area contributed by atoms with Crippen LogP contribution in [-0.4, -0.2) is 74.5 Å². The van der Waals surface area contributed by atoms with Crippen LogP contribution in [0.25, 0.3) is 0 Å². The van der Waals surface area contributed by atoms with Gasteiger partial charge in [0, 0.05) is 45.2 Å². The smallest absolute Gasteiger partial charge is 0.222 e. The minimum absolute atomic E-state index is 0.239. The van der Waals surface area contributed by atoms with Gasteiger partial charge in [-0.3, -0.25) is 9.79 Å². The highest BCUT2D eigenvalue weighted by molar-refractivity contribution is 5.80. The van der Waals surface area contributed by atoms with E-state index in [2.05, 4.69) is 48.5 Å². The summed E-state index contributed by atoms with van der Waals surface area (Å²) in [5, 5.41) is 6.95. The minimum atomic E-state index is 0.239. The third-order valence-corrected chi connectivity index (χ3v) is 5.14. The van der Waals surface area contributed by atoms with Gasteiger partial charge in [-0.1, -0.05) is 33.6 Å². The summed E-state index contributed by atoms with van der Waals surface area (Å²) in [6.07, 6.45) is 3.93. The van der Waals surface area contributed by atoms with Crippen molar-refractivity contribution >= 4 is 11.9 Å². The zero-order valence-electron chi connectivity index (χ0n) is 16.4. The van der Waals surface area contributed by atoms with Crippen molar-refractivity contribution in [1.29, 1.82) is 0 Å². The molecule has 0 saturated carbocycles. The zero-order valence-corrected chi connectivity index (χ0v) is 16.4. The minimum Gasteiger partial charge on any atom is -0.355 e. The maximum atomic E-state index is 11.8. The number of amides is 1. The number of carbonyl (C=O) groups is 1. The Bertz CT molecular complexity index is 406. The van der Waals surface area contributed by atoms with Gasteiger partial charge in [0.25, 0.3) is 0 Å². The third-order valence-electron chi connectivity index (χ3n) is 5.14. The van der Waals surface area contributed by atoms with Crippen LogP contribution in [0.4, 0.5) is 0 Å². The van der Waals surface area contributed by atoms with Gasteiger partial charge in [0.1, 0.15) is 0 Å². The van der Waals surface area contributed by atoms with Gasteiger partial charge in [0.05, 0.1) is 0 Å². The monoisotopic (exact) mass is 339 g/mol. The summed E-state index contributed by atoms with van der Waals surface area (Å²) >= 11 is 0. The average molecular weight is 340 g/mol. The largest absolute Gasteiger partial charge is 0.355 e. The molecule has 1 aliphatic rings. The number of nitrogens with one attached hydrogen (secondary N) is 2. The van der Waals surface area contributed by atoms with E-state index >= 15 is 0 Å². The molecule has 0 bridgehead atoms. The molecule has 2 unspecified atom stereocenters. The Labute approximate surface area is 148 Å². The third kappa shape index (κ3) is 5.96. The van der Waals surface area contributed by atoms with Gasteiger partial charge in [0.15, 0.2) is 5.96 Å². The second kappa shape index (κ2) is 10.5. The molecule has 6 heteroatoms. The molecular weight excluding hydrogens is 302 g/mol. The van der Waals surface area contributed by atoms with Crippen molar-refractivity contribution in [3.8, 4) is 0 Å². The highest BCUT2D eigenvalue weighted by Gasteiger charge is 2.26. The fourth-order valence-corrected chi connectivity index (χ4v) is 3.52. The first-order valence-electron chi connectivity index (χ1n) is 9.38. The van der Waals surface area contributed by atoms with Gasteiger partial charge in [-0.25, -0.2) is 0 Å². The maximum Gasteiger partial charge on any atom is 0.222 e. The lowest BCUT2D eigenvalue weighted by molar-refractivity contribution is -0.129. The van der Waals surface area contributed by atoms with Crippen LogP contribution in [0.15, 0.2) is 4.99 Å². The number of nitrogens with zero attached hydrogens (tertiary/aromatic N) is 3. The van der Waals surface area contributed by atoms with Crippen molar-refractivity contribution in [3.05, 3.63) is 0 Å². The van der Waals surface area contributed by atoms with E-state index in [1.807, 2.05) is 11.8 Å². The van der Waals surface area contributed by atoms with Crippen LogP contribution in [0.1, 0.15) is 46.5 Å². The normalized spacial score (nSPS) is 19.9. The Morgan fingerprint density at radius 1 is 1.29 bits per heavy atom. The SMILES string of the molecule is CCC(=O)N1CCC(NC(=NC)NCC(C(CC)CC)N(C)C)C1. The van der Waals surface area contributed by atoms with E-state index in [4.69, 9.17) is 0 Å². The molecule has 1 amide bonds. The summed E-state index contributed by atoms with van der Waals surface area (Å²) in [6, 6.07) is 0.776. The van der Waals surface area contributed by atoms with E-state index in [9.17, 15) is 4.79 Å². The number of carbonyl (C=O) groups excluding carboxylic acids is 1. The van der Waals surface area contributed by atoms with E-state index in [1.165, 1.54) is 12.8 Å². The van der Waals surface area contributed by atoms with Crippen molar-refractivity contribution in [3.63, 3.8) is 0 Å². The Hall–Kier alpha value is -1.30. The molecule has 0 aromatic carbocycles. The van der Waals surface area contributed by atoms with Crippen molar-refractivity contribution in [2.75, 3.05) is 40.8 Å². The molecule has 1 fully saturated rings. The molecule has 1 saturated heterocycles. The Morgan fingerprint density at radius 2 is 1.96 bits per heavy atom. The predicted octanol–water partition coefficient (Wildman–Crippen LogP) is 1.53. The lowest BCUT2D eigenvalue weighted by Crippen LogP contribution is -2.50. The summed E-state index contributed by atoms with van der Waals surface area (Å²) < 4.78 is 0. The van der Waals surface area contributed by atoms with Gasteiger partial charge < -0.3 is 20.4 Å². The number of hydrogen-bond donors (Lipinski definition) is 2. The topological polar surface area (TPSA) is 60.0 Å². The Morgan fingerprint density at radius 3 is 2.46 bits per heavy atom. The Kier molecular flexibility index (Phi) is 9.11. The van der Waals surface area contributed by atoms with Gasteiger partial charge >= 0.3 is 0 Å². The van der Waals surface area contributed by atoms with E-state index in [0.29, 0.717) is 18.4 Å². The summed E-state index contributed by atoms with van der Waals surface area (Å²) in [6.45, 7) is 8.93. The van der Waals surface area contributed by atoms with E-state index in [1.54, 1.807) is 7.05 Å². The first kappa shape index (κ1) is 20.7. The van der Waals surface area contributed by atoms with E-state index in [0.717, 1.165) is 32.0 Å². The number of aliphatic imine (C=N–C) groups is 1. The van der Waals surface area contributed by atoms with Crippen LogP contribution in [-0.2, 0) is 4.79 Å². The molecule has 2 atom stereocenters. The first-order valence-corrected chi connectivity index (χ1v) is 9.38. The van der Waals surface area contributed by atoms with Crippen LogP contribution < -0.4 is 10.6 Å². The summed E-state index contributed by atoms with van der Waals surface area (Å²) in [4.78, 5) is 20.4. The summed E-state index contributed by atoms with van der Waals surface area (Å²) in [7, 11) is 6.10. The first-order chi connectivity index (χ1) is 11.5. The van der Waals surface area contributed by atoms with Gasteiger partial charge in [-0.15, -0.1) is 0 Å². The molecule has 2 N–H and O–H groups in total. The highest BCUT2D eigenvalue weighted by atomic mass is 16.2. The van der Waals surface area contributed by atoms with E-state index < -0.39 is 0 Å². The molecule has 0 aromatic rings. The second-order valence-corrected chi connectivity index (χ2v) is 6.88. The molecule has 1 rings (SSSR count). The number of hydrogen-bond acceptors (Lipinski definition) is 3. The van der Waals surface area contributed by atoms with Crippen LogP contribution in [0.5, 0.6) is 0 Å². The van der Waals surface area contributed by atoms with Crippen molar-refractivity contribution in [1.82, 2.24) is 20.4 Å². The average Bonchev–Trinajstić information content (AvgIpc) is 3.04. The van der Waals surface area contributed by atoms with Crippen molar-refractivity contribution in [2.45, 2.75) is 58.5 Å².